The topological polar surface area (TPSA) is 17.0 Å². The molecule has 1 N–H and O–H groups in total. The van der Waals surface area contributed by atoms with Crippen molar-refractivity contribution >= 4 is 5.70 Å². The number of fused-ring (bicyclic) bond motifs is 3. The van der Waals surface area contributed by atoms with Gasteiger partial charge in [0.1, 0.15) is 0 Å². The van der Waals surface area contributed by atoms with Gasteiger partial charge in [-0.3, -0.25) is 0 Å². The van der Waals surface area contributed by atoms with Crippen molar-refractivity contribution in [1.82, 2.24) is 9.88 Å². The second-order valence-corrected chi connectivity index (χ2v) is 4.27. The lowest BCUT2D eigenvalue weighted by Crippen LogP contribution is -2.27. The number of hydrogen-bond acceptors (Lipinski definition) is 1. The first-order valence-electron chi connectivity index (χ1n) is 5.51. The van der Waals surface area contributed by atoms with E-state index in [4.69, 9.17) is 0 Å². The lowest BCUT2D eigenvalue weighted by molar-refractivity contribution is 0.572. The van der Waals surface area contributed by atoms with E-state index < -0.39 is 0 Å². The van der Waals surface area contributed by atoms with Crippen molar-refractivity contribution in [3.8, 4) is 0 Å². The second kappa shape index (κ2) is 2.91. The molecule has 2 aliphatic rings. The third-order valence-electron chi connectivity index (χ3n) is 3.39. The summed E-state index contributed by atoms with van der Waals surface area (Å²) in [6.07, 6.45) is 5.25. The quantitative estimate of drug-likeness (QED) is 0.658. The SMILES string of the molecule is C=C1NCCn2c1cc1c2CCCC1. The summed E-state index contributed by atoms with van der Waals surface area (Å²) in [5, 5.41) is 3.33. The van der Waals surface area contributed by atoms with Gasteiger partial charge in [0, 0.05) is 18.8 Å². The van der Waals surface area contributed by atoms with Crippen molar-refractivity contribution in [1.29, 1.82) is 0 Å². The summed E-state index contributed by atoms with van der Waals surface area (Å²) in [7, 11) is 0. The van der Waals surface area contributed by atoms with Crippen molar-refractivity contribution in [3.63, 3.8) is 0 Å². The molecule has 1 aromatic heterocycles. The predicted molar refractivity (Wildman–Crippen MR) is 58.1 cm³/mol. The lowest BCUT2D eigenvalue weighted by atomic mass is 9.98. The first kappa shape index (κ1) is 8.16. The maximum Gasteiger partial charge on any atom is 0.0641 e. The highest BCUT2D eigenvalue weighted by Gasteiger charge is 2.21. The summed E-state index contributed by atoms with van der Waals surface area (Å²) in [4.78, 5) is 0. The molecule has 1 aromatic rings. The molecule has 0 amide bonds. The Morgan fingerprint density at radius 1 is 1.29 bits per heavy atom. The van der Waals surface area contributed by atoms with Gasteiger partial charge in [0.15, 0.2) is 0 Å². The predicted octanol–water partition coefficient (Wildman–Crippen LogP) is 1.94. The van der Waals surface area contributed by atoms with Crippen molar-refractivity contribution in [2.24, 2.45) is 0 Å². The zero-order valence-electron chi connectivity index (χ0n) is 8.47. The first-order chi connectivity index (χ1) is 6.86. The Morgan fingerprint density at radius 2 is 2.14 bits per heavy atom. The Kier molecular flexibility index (Phi) is 1.69. The molecule has 74 valence electrons. The number of hydrogen-bond donors (Lipinski definition) is 1. The molecular weight excluding hydrogens is 172 g/mol. The smallest absolute Gasteiger partial charge is 0.0641 e. The van der Waals surface area contributed by atoms with Gasteiger partial charge in [0.25, 0.3) is 0 Å². The van der Waals surface area contributed by atoms with E-state index in [1.807, 2.05) is 0 Å². The Hall–Kier alpha value is -1.18. The van der Waals surface area contributed by atoms with Gasteiger partial charge in [-0.2, -0.15) is 0 Å². The maximum absolute atomic E-state index is 4.07. The van der Waals surface area contributed by atoms with Gasteiger partial charge in [-0.1, -0.05) is 6.58 Å². The number of aromatic nitrogens is 1. The van der Waals surface area contributed by atoms with Crippen molar-refractivity contribution in [2.75, 3.05) is 6.54 Å². The minimum atomic E-state index is 1.03. The molecule has 0 spiro atoms. The van der Waals surface area contributed by atoms with Crippen LogP contribution < -0.4 is 5.32 Å². The molecule has 0 unspecified atom stereocenters. The number of nitrogens with one attached hydrogen (secondary N) is 1. The highest BCUT2D eigenvalue weighted by molar-refractivity contribution is 5.62. The first-order valence-corrected chi connectivity index (χ1v) is 5.51. The van der Waals surface area contributed by atoms with E-state index in [9.17, 15) is 0 Å². The van der Waals surface area contributed by atoms with E-state index in [-0.39, 0.29) is 0 Å². The zero-order valence-corrected chi connectivity index (χ0v) is 8.47. The fourth-order valence-electron chi connectivity index (χ4n) is 2.68. The van der Waals surface area contributed by atoms with Gasteiger partial charge in [0.05, 0.1) is 11.4 Å². The average Bonchev–Trinajstić information content (AvgIpc) is 2.59. The van der Waals surface area contributed by atoms with Crippen molar-refractivity contribution in [2.45, 2.75) is 32.2 Å². The standard InChI is InChI=1S/C12H16N2/c1-9-12-8-10-4-2-3-5-11(10)14(12)7-6-13-9/h8,13H,1-7H2. The molecule has 0 fully saturated rings. The minimum absolute atomic E-state index is 1.03. The third-order valence-corrected chi connectivity index (χ3v) is 3.39. The van der Waals surface area contributed by atoms with E-state index in [1.54, 1.807) is 11.3 Å². The largest absolute Gasteiger partial charge is 0.382 e. The zero-order chi connectivity index (χ0) is 9.54. The molecule has 0 bridgehead atoms. The highest BCUT2D eigenvalue weighted by atomic mass is 15.1. The van der Waals surface area contributed by atoms with E-state index in [2.05, 4.69) is 22.5 Å². The Morgan fingerprint density at radius 3 is 3.07 bits per heavy atom. The molecule has 1 aliphatic heterocycles. The van der Waals surface area contributed by atoms with Crippen LogP contribution in [0.3, 0.4) is 0 Å². The molecule has 0 saturated carbocycles. The summed E-state index contributed by atoms with van der Waals surface area (Å²) in [5.41, 5.74) is 5.57. The van der Waals surface area contributed by atoms with E-state index in [0.29, 0.717) is 0 Å². The van der Waals surface area contributed by atoms with Gasteiger partial charge < -0.3 is 9.88 Å². The third kappa shape index (κ3) is 1.03. The van der Waals surface area contributed by atoms with Gasteiger partial charge in [0.2, 0.25) is 0 Å². The monoisotopic (exact) mass is 188 g/mol. The lowest BCUT2D eigenvalue weighted by Gasteiger charge is -2.22. The van der Waals surface area contributed by atoms with Gasteiger partial charge >= 0.3 is 0 Å². The number of nitrogens with zero attached hydrogens (tertiary/aromatic N) is 1. The van der Waals surface area contributed by atoms with Crippen LogP contribution in [0.4, 0.5) is 0 Å². The Bertz CT molecular complexity index is 387. The Labute approximate surface area is 84.6 Å². The molecule has 14 heavy (non-hydrogen) atoms. The van der Waals surface area contributed by atoms with Crippen LogP contribution >= 0.6 is 0 Å². The fraction of sp³-hybridized carbons (Fsp3) is 0.500. The average molecular weight is 188 g/mol. The van der Waals surface area contributed by atoms with Gasteiger partial charge in [-0.05, 0) is 37.3 Å². The summed E-state index contributed by atoms with van der Waals surface area (Å²) in [6.45, 7) is 6.22. The molecular formula is C12H16N2. The highest BCUT2D eigenvalue weighted by Crippen LogP contribution is 2.28. The molecule has 2 heteroatoms. The molecule has 2 nitrogen and oxygen atoms in total. The van der Waals surface area contributed by atoms with E-state index in [0.717, 1.165) is 18.8 Å². The van der Waals surface area contributed by atoms with Gasteiger partial charge in [-0.25, -0.2) is 0 Å². The minimum Gasteiger partial charge on any atom is -0.382 e. The molecule has 3 rings (SSSR count). The summed E-state index contributed by atoms with van der Waals surface area (Å²) in [6, 6.07) is 2.34. The molecule has 0 aromatic carbocycles. The summed E-state index contributed by atoms with van der Waals surface area (Å²) >= 11 is 0. The van der Waals surface area contributed by atoms with Crippen LogP contribution in [0.2, 0.25) is 0 Å². The van der Waals surface area contributed by atoms with E-state index >= 15 is 0 Å². The second-order valence-electron chi connectivity index (χ2n) is 4.27. The normalized spacial score (nSPS) is 19.9. The van der Waals surface area contributed by atoms with Crippen molar-refractivity contribution < 1.29 is 0 Å². The van der Waals surface area contributed by atoms with Crippen LogP contribution in [0.25, 0.3) is 5.70 Å². The molecule has 0 atom stereocenters. The van der Waals surface area contributed by atoms with Crippen LogP contribution in [0.15, 0.2) is 12.6 Å². The summed E-state index contributed by atoms with van der Waals surface area (Å²) in [5.74, 6) is 0. The van der Waals surface area contributed by atoms with Crippen LogP contribution in [-0.2, 0) is 19.4 Å². The summed E-state index contributed by atoms with van der Waals surface area (Å²) < 4.78 is 2.47. The van der Waals surface area contributed by atoms with Crippen LogP contribution in [0, 0.1) is 0 Å². The number of rotatable bonds is 0. The van der Waals surface area contributed by atoms with Crippen molar-refractivity contribution in [3.05, 3.63) is 29.6 Å². The fourth-order valence-corrected chi connectivity index (χ4v) is 2.68. The molecule has 0 radical (unpaired) electrons. The Balaban J connectivity index is 2.15. The van der Waals surface area contributed by atoms with Crippen LogP contribution in [0.5, 0.6) is 0 Å². The van der Waals surface area contributed by atoms with Crippen LogP contribution in [0.1, 0.15) is 29.8 Å². The van der Waals surface area contributed by atoms with Crippen LogP contribution in [-0.4, -0.2) is 11.1 Å². The van der Waals surface area contributed by atoms with Gasteiger partial charge in [-0.15, -0.1) is 0 Å². The molecule has 1 aliphatic carbocycles. The van der Waals surface area contributed by atoms with E-state index in [1.165, 1.54) is 31.4 Å². The molecule has 0 saturated heterocycles. The number of aryl methyl sites for hydroxylation is 1. The molecule has 2 heterocycles. The maximum atomic E-state index is 4.07.